The third kappa shape index (κ3) is 2.98. The molecule has 6 heteroatoms. The first-order chi connectivity index (χ1) is 8.69. The highest BCUT2D eigenvalue weighted by molar-refractivity contribution is 5.96. The molecule has 2 rings (SSSR count). The molecule has 0 spiro atoms. The number of nitrogens with one attached hydrogen (secondary N) is 2. The third-order valence-electron chi connectivity index (χ3n) is 2.93. The number of oxime groups is 1. The number of hydrogen-bond donors (Lipinski definition) is 4. The molecule has 1 heterocycles. The summed E-state index contributed by atoms with van der Waals surface area (Å²) in [5, 5.41) is 17.6. The Hall–Kier alpha value is -2.08. The van der Waals surface area contributed by atoms with Crippen molar-refractivity contribution in [1.29, 1.82) is 0 Å². The van der Waals surface area contributed by atoms with Gasteiger partial charge in [-0.05, 0) is 5.56 Å². The SMILES string of the molecule is N/C(=N/O)c1ccc(CNC2CNC(=O)C2)cc1. The van der Waals surface area contributed by atoms with Crippen molar-refractivity contribution in [3.05, 3.63) is 35.4 Å². The maximum atomic E-state index is 11.0. The van der Waals surface area contributed by atoms with E-state index in [2.05, 4.69) is 15.8 Å². The maximum absolute atomic E-state index is 11.0. The lowest BCUT2D eigenvalue weighted by Crippen LogP contribution is -2.30. The van der Waals surface area contributed by atoms with Crippen LogP contribution < -0.4 is 16.4 Å². The lowest BCUT2D eigenvalue weighted by molar-refractivity contribution is -0.119. The van der Waals surface area contributed by atoms with E-state index in [4.69, 9.17) is 10.9 Å². The van der Waals surface area contributed by atoms with E-state index in [1.807, 2.05) is 12.1 Å². The number of nitrogens with two attached hydrogens (primary N) is 1. The molecule has 96 valence electrons. The molecule has 5 N–H and O–H groups in total. The van der Waals surface area contributed by atoms with E-state index < -0.39 is 0 Å². The molecule has 0 radical (unpaired) electrons. The second-order valence-corrected chi connectivity index (χ2v) is 4.27. The Bertz CT molecular complexity index is 456. The predicted octanol–water partition coefficient (Wildman–Crippen LogP) is -0.241. The molecule has 1 atom stereocenters. The Morgan fingerprint density at radius 1 is 1.50 bits per heavy atom. The number of carbonyl (C=O) groups is 1. The molecular formula is C12H16N4O2. The molecule has 1 saturated heterocycles. The minimum Gasteiger partial charge on any atom is -0.409 e. The van der Waals surface area contributed by atoms with Crippen LogP contribution in [0.3, 0.4) is 0 Å². The minimum atomic E-state index is 0.0924. The molecule has 18 heavy (non-hydrogen) atoms. The zero-order valence-corrected chi connectivity index (χ0v) is 9.89. The Kier molecular flexibility index (Phi) is 3.78. The lowest BCUT2D eigenvalue weighted by Gasteiger charge is -2.10. The average Bonchev–Trinajstić information content (AvgIpc) is 2.82. The van der Waals surface area contributed by atoms with Crippen molar-refractivity contribution >= 4 is 11.7 Å². The Morgan fingerprint density at radius 2 is 2.22 bits per heavy atom. The Balaban J connectivity index is 1.88. The van der Waals surface area contributed by atoms with E-state index in [1.54, 1.807) is 12.1 Å². The van der Waals surface area contributed by atoms with Crippen LogP contribution in [0.15, 0.2) is 29.4 Å². The van der Waals surface area contributed by atoms with Gasteiger partial charge in [0.05, 0.1) is 0 Å². The van der Waals surface area contributed by atoms with Gasteiger partial charge in [-0.25, -0.2) is 0 Å². The molecule has 1 amide bonds. The highest BCUT2D eigenvalue weighted by atomic mass is 16.4. The number of amides is 1. The fourth-order valence-corrected chi connectivity index (χ4v) is 1.86. The first kappa shape index (κ1) is 12.4. The third-order valence-corrected chi connectivity index (χ3v) is 2.93. The van der Waals surface area contributed by atoms with Gasteiger partial charge >= 0.3 is 0 Å². The van der Waals surface area contributed by atoms with E-state index in [0.717, 1.165) is 5.56 Å². The van der Waals surface area contributed by atoms with E-state index in [0.29, 0.717) is 25.1 Å². The molecule has 6 nitrogen and oxygen atoms in total. The zero-order valence-electron chi connectivity index (χ0n) is 9.89. The van der Waals surface area contributed by atoms with E-state index >= 15 is 0 Å². The highest BCUT2D eigenvalue weighted by Gasteiger charge is 2.20. The molecule has 1 aliphatic rings. The minimum absolute atomic E-state index is 0.0924. The van der Waals surface area contributed by atoms with E-state index in [-0.39, 0.29) is 17.8 Å². The van der Waals surface area contributed by atoms with Gasteiger partial charge in [0, 0.05) is 31.1 Å². The van der Waals surface area contributed by atoms with E-state index in [1.165, 1.54) is 0 Å². The predicted molar refractivity (Wildman–Crippen MR) is 67.2 cm³/mol. The second kappa shape index (κ2) is 5.50. The van der Waals surface area contributed by atoms with Gasteiger partial charge in [0.15, 0.2) is 5.84 Å². The summed E-state index contributed by atoms with van der Waals surface area (Å²) in [6.07, 6.45) is 0.530. The van der Waals surface area contributed by atoms with E-state index in [9.17, 15) is 4.79 Å². The number of carbonyl (C=O) groups excluding carboxylic acids is 1. The number of nitrogens with zero attached hydrogens (tertiary/aromatic N) is 1. The van der Waals surface area contributed by atoms with Crippen molar-refractivity contribution in [2.24, 2.45) is 10.9 Å². The summed E-state index contributed by atoms with van der Waals surface area (Å²) < 4.78 is 0. The van der Waals surface area contributed by atoms with Crippen LogP contribution in [-0.4, -0.2) is 29.5 Å². The lowest BCUT2D eigenvalue weighted by atomic mass is 10.1. The number of amidine groups is 1. The largest absolute Gasteiger partial charge is 0.409 e. The molecule has 1 unspecified atom stereocenters. The zero-order chi connectivity index (χ0) is 13.0. The average molecular weight is 248 g/mol. The summed E-state index contributed by atoms with van der Waals surface area (Å²) in [6, 6.07) is 7.60. The summed E-state index contributed by atoms with van der Waals surface area (Å²) in [5.74, 6) is 0.190. The van der Waals surface area contributed by atoms with Crippen LogP contribution >= 0.6 is 0 Å². The summed E-state index contributed by atoms with van der Waals surface area (Å²) in [4.78, 5) is 11.0. The summed E-state index contributed by atoms with van der Waals surface area (Å²) in [5.41, 5.74) is 7.24. The smallest absolute Gasteiger partial charge is 0.221 e. The molecule has 0 aliphatic carbocycles. The second-order valence-electron chi connectivity index (χ2n) is 4.27. The molecule has 1 fully saturated rings. The van der Waals surface area contributed by atoms with Crippen LogP contribution in [-0.2, 0) is 11.3 Å². The monoisotopic (exact) mass is 248 g/mol. The van der Waals surface area contributed by atoms with Crippen molar-refractivity contribution in [2.75, 3.05) is 6.54 Å². The van der Waals surface area contributed by atoms with Gasteiger partial charge in [-0.2, -0.15) is 0 Å². The van der Waals surface area contributed by atoms with Gasteiger partial charge in [0.25, 0.3) is 0 Å². The summed E-state index contributed by atoms with van der Waals surface area (Å²) in [7, 11) is 0. The number of rotatable bonds is 4. The number of hydrogen-bond acceptors (Lipinski definition) is 4. The van der Waals surface area contributed by atoms with Gasteiger partial charge in [-0.1, -0.05) is 29.4 Å². The van der Waals surface area contributed by atoms with Crippen molar-refractivity contribution in [2.45, 2.75) is 19.0 Å². The van der Waals surface area contributed by atoms with Crippen LogP contribution in [0.2, 0.25) is 0 Å². The van der Waals surface area contributed by atoms with Crippen molar-refractivity contribution < 1.29 is 10.0 Å². The molecule has 0 saturated carbocycles. The first-order valence-corrected chi connectivity index (χ1v) is 5.76. The molecule has 1 aliphatic heterocycles. The van der Waals surface area contributed by atoms with Crippen LogP contribution in [0.4, 0.5) is 0 Å². The van der Waals surface area contributed by atoms with Crippen LogP contribution in [0, 0.1) is 0 Å². The Labute approximate surface area is 105 Å². The molecule has 1 aromatic rings. The van der Waals surface area contributed by atoms with Gasteiger partial charge in [-0.3, -0.25) is 4.79 Å². The summed E-state index contributed by atoms with van der Waals surface area (Å²) >= 11 is 0. The first-order valence-electron chi connectivity index (χ1n) is 5.76. The van der Waals surface area contributed by atoms with Crippen molar-refractivity contribution in [1.82, 2.24) is 10.6 Å². The van der Waals surface area contributed by atoms with Gasteiger partial charge < -0.3 is 21.6 Å². The topological polar surface area (TPSA) is 99.7 Å². The molecular weight excluding hydrogens is 232 g/mol. The van der Waals surface area contributed by atoms with Gasteiger partial charge in [0.1, 0.15) is 0 Å². The van der Waals surface area contributed by atoms with Crippen LogP contribution in [0.1, 0.15) is 17.5 Å². The standard InChI is InChI=1S/C12H16N4O2/c13-12(16-18)9-3-1-8(2-4-9)6-14-10-5-11(17)15-7-10/h1-4,10,14,18H,5-7H2,(H2,13,16)(H,15,17). The normalized spacial score (nSPS) is 19.9. The molecule has 1 aromatic carbocycles. The van der Waals surface area contributed by atoms with Crippen LogP contribution in [0.5, 0.6) is 0 Å². The molecule has 0 bridgehead atoms. The van der Waals surface area contributed by atoms with Gasteiger partial charge in [0.2, 0.25) is 5.91 Å². The fraction of sp³-hybridized carbons (Fsp3) is 0.333. The van der Waals surface area contributed by atoms with Crippen molar-refractivity contribution in [3.63, 3.8) is 0 Å². The highest BCUT2D eigenvalue weighted by Crippen LogP contribution is 2.06. The Morgan fingerprint density at radius 3 is 2.78 bits per heavy atom. The van der Waals surface area contributed by atoms with Gasteiger partial charge in [-0.15, -0.1) is 0 Å². The maximum Gasteiger partial charge on any atom is 0.221 e. The quantitative estimate of drug-likeness (QED) is 0.256. The molecule has 0 aromatic heterocycles. The number of benzene rings is 1. The van der Waals surface area contributed by atoms with Crippen molar-refractivity contribution in [3.8, 4) is 0 Å². The summed E-state index contributed by atoms with van der Waals surface area (Å²) in [6.45, 7) is 1.37. The van der Waals surface area contributed by atoms with Crippen LogP contribution in [0.25, 0.3) is 0 Å². The fourth-order valence-electron chi connectivity index (χ4n) is 1.86.